The van der Waals surface area contributed by atoms with Crippen molar-refractivity contribution in [2.75, 3.05) is 7.11 Å². The third-order valence-electron chi connectivity index (χ3n) is 2.41. The first-order valence-electron chi connectivity index (χ1n) is 5.77. The highest BCUT2D eigenvalue weighted by atomic mass is 35.5. The summed E-state index contributed by atoms with van der Waals surface area (Å²) < 4.78 is 11.5. The van der Waals surface area contributed by atoms with Gasteiger partial charge in [0.25, 0.3) is 0 Å². The highest BCUT2D eigenvalue weighted by molar-refractivity contribution is 6.34. The number of rotatable bonds is 1. The van der Waals surface area contributed by atoms with Gasteiger partial charge in [0.1, 0.15) is 11.4 Å². The summed E-state index contributed by atoms with van der Waals surface area (Å²) in [4.78, 5) is 12.0. The van der Waals surface area contributed by atoms with Crippen molar-refractivity contribution in [2.24, 2.45) is 0 Å². The molecule has 0 spiro atoms. The molecule has 0 N–H and O–H groups in total. The van der Waals surface area contributed by atoms with E-state index in [2.05, 4.69) is 5.10 Å². The lowest BCUT2D eigenvalue weighted by atomic mass is 10.2. The second-order valence-corrected chi connectivity index (χ2v) is 5.42. The Morgan fingerprint density at radius 2 is 2.05 bits per heavy atom. The number of halogens is 1. The average Bonchev–Trinajstić information content (AvgIpc) is 2.64. The van der Waals surface area contributed by atoms with Gasteiger partial charge in [-0.25, -0.2) is 4.79 Å². The lowest BCUT2D eigenvalue weighted by Crippen LogP contribution is -2.27. The zero-order valence-corrected chi connectivity index (χ0v) is 12.0. The van der Waals surface area contributed by atoms with Crippen molar-refractivity contribution in [3.63, 3.8) is 0 Å². The molecule has 1 aromatic heterocycles. The number of fused-ring (bicyclic) bond motifs is 1. The SMILES string of the molecule is COc1ccc2c(c1)c(Cl)nn2C(=O)OC(C)(C)C. The van der Waals surface area contributed by atoms with E-state index in [1.54, 1.807) is 46.1 Å². The number of nitrogens with zero attached hydrogens (tertiary/aromatic N) is 2. The third-order valence-corrected chi connectivity index (χ3v) is 2.69. The third kappa shape index (κ3) is 2.81. The monoisotopic (exact) mass is 282 g/mol. The smallest absolute Gasteiger partial charge is 0.435 e. The number of ether oxygens (including phenoxy) is 2. The van der Waals surface area contributed by atoms with E-state index in [1.807, 2.05) is 0 Å². The van der Waals surface area contributed by atoms with Crippen LogP contribution in [0.1, 0.15) is 20.8 Å². The van der Waals surface area contributed by atoms with Crippen LogP contribution in [0.2, 0.25) is 5.15 Å². The summed E-state index contributed by atoms with van der Waals surface area (Å²) in [5, 5.41) is 4.88. The minimum atomic E-state index is -0.589. The molecule has 0 fully saturated rings. The van der Waals surface area contributed by atoms with Crippen molar-refractivity contribution in [2.45, 2.75) is 26.4 Å². The molecule has 0 aliphatic rings. The number of methoxy groups -OCH3 is 1. The van der Waals surface area contributed by atoms with Crippen LogP contribution in [0.5, 0.6) is 5.75 Å². The maximum absolute atomic E-state index is 12.0. The van der Waals surface area contributed by atoms with Gasteiger partial charge in [-0.05, 0) is 39.0 Å². The van der Waals surface area contributed by atoms with Gasteiger partial charge in [0.05, 0.1) is 12.6 Å². The molecule has 6 heteroatoms. The minimum Gasteiger partial charge on any atom is -0.497 e. The molecule has 102 valence electrons. The maximum Gasteiger partial charge on any atom is 0.435 e. The van der Waals surface area contributed by atoms with Crippen molar-refractivity contribution in [1.82, 2.24) is 9.78 Å². The van der Waals surface area contributed by atoms with Gasteiger partial charge >= 0.3 is 6.09 Å². The number of benzene rings is 1. The maximum atomic E-state index is 12.0. The van der Waals surface area contributed by atoms with E-state index in [1.165, 1.54) is 0 Å². The number of carbonyl (C=O) groups excluding carboxylic acids is 1. The number of hydrogen-bond acceptors (Lipinski definition) is 4. The molecular weight excluding hydrogens is 268 g/mol. The van der Waals surface area contributed by atoms with Crippen LogP contribution in [0.15, 0.2) is 18.2 Å². The quantitative estimate of drug-likeness (QED) is 0.803. The van der Waals surface area contributed by atoms with Crippen LogP contribution in [0.25, 0.3) is 10.9 Å². The van der Waals surface area contributed by atoms with Crippen LogP contribution >= 0.6 is 11.6 Å². The number of hydrogen-bond donors (Lipinski definition) is 0. The van der Waals surface area contributed by atoms with Gasteiger partial charge in [-0.1, -0.05) is 11.6 Å². The summed E-state index contributed by atoms with van der Waals surface area (Å²) in [5.74, 6) is 0.651. The standard InChI is InChI=1S/C13H15ClN2O3/c1-13(2,3)19-12(17)16-10-6-5-8(18-4)7-9(10)11(14)15-16/h5-7H,1-4H3. The molecule has 0 unspecified atom stereocenters. The Balaban J connectivity index is 2.48. The summed E-state index contributed by atoms with van der Waals surface area (Å²) in [5.41, 5.74) is -0.00561. The van der Waals surface area contributed by atoms with Gasteiger partial charge in [-0.15, -0.1) is 5.10 Å². The molecule has 1 aromatic carbocycles. The van der Waals surface area contributed by atoms with Gasteiger partial charge in [0.15, 0.2) is 5.15 Å². The first-order valence-corrected chi connectivity index (χ1v) is 6.15. The lowest BCUT2D eigenvalue weighted by molar-refractivity contribution is 0.0523. The Hall–Kier alpha value is -1.75. The second kappa shape index (κ2) is 4.74. The Labute approximate surface area is 116 Å². The first-order chi connectivity index (χ1) is 8.81. The molecule has 0 saturated heterocycles. The van der Waals surface area contributed by atoms with E-state index in [-0.39, 0.29) is 5.15 Å². The van der Waals surface area contributed by atoms with Crippen LogP contribution < -0.4 is 4.74 Å². The molecule has 19 heavy (non-hydrogen) atoms. The highest BCUT2D eigenvalue weighted by Crippen LogP contribution is 2.27. The van der Waals surface area contributed by atoms with E-state index < -0.39 is 11.7 Å². The summed E-state index contributed by atoms with van der Waals surface area (Å²) in [6.07, 6.45) is -0.561. The van der Waals surface area contributed by atoms with Gasteiger partial charge in [-0.3, -0.25) is 0 Å². The van der Waals surface area contributed by atoms with Crippen LogP contribution in [0, 0.1) is 0 Å². The zero-order chi connectivity index (χ0) is 14.2. The summed E-state index contributed by atoms with van der Waals surface area (Å²) in [6, 6.07) is 5.18. The first kappa shape index (κ1) is 13.7. The van der Waals surface area contributed by atoms with E-state index >= 15 is 0 Å². The molecule has 5 nitrogen and oxygen atoms in total. The Morgan fingerprint density at radius 3 is 2.63 bits per heavy atom. The fourth-order valence-electron chi connectivity index (χ4n) is 1.63. The van der Waals surface area contributed by atoms with E-state index in [0.29, 0.717) is 16.7 Å². The van der Waals surface area contributed by atoms with Gasteiger partial charge in [0, 0.05) is 5.39 Å². The summed E-state index contributed by atoms with van der Waals surface area (Å²) in [6.45, 7) is 5.38. The lowest BCUT2D eigenvalue weighted by Gasteiger charge is -2.19. The fourth-order valence-corrected chi connectivity index (χ4v) is 1.86. The number of carbonyl (C=O) groups is 1. The normalized spacial score (nSPS) is 11.6. The average molecular weight is 283 g/mol. The number of aromatic nitrogens is 2. The Bertz CT molecular complexity index is 629. The van der Waals surface area contributed by atoms with Gasteiger partial charge in [-0.2, -0.15) is 4.68 Å². The predicted octanol–water partition coefficient (Wildman–Crippen LogP) is 3.48. The van der Waals surface area contributed by atoms with Crippen molar-refractivity contribution in [3.8, 4) is 5.75 Å². The molecular formula is C13H15ClN2O3. The zero-order valence-electron chi connectivity index (χ0n) is 11.2. The summed E-state index contributed by atoms with van der Waals surface area (Å²) in [7, 11) is 1.56. The Morgan fingerprint density at radius 1 is 1.37 bits per heavy atom. The van der Waals surface area contributed by atoms with Crippen LogP contribution in [-0.2, 0) is 4.74 Å². The molecule has 0 aliphatic heterocycles. The molecule has 0 radical (unpaired) electrons. The van der Waals surface area contributed by atoms with Crippen molar-refractivity contribution >= 4 is 28.6 Å². The van der Waals surface area contributed by atoms with E-state index in [9.17, 15) is 4.79 Å². The molecule has 0 saturated carbocycles. The molecule has 0 atom stereocenters. The molecule has 0 aliphatic carbocycles. The van der Waals surface area contributed by atoms with Crippen molar-refractivity contribution < 1.29 is 14.3 Å². The minimum absolute atomic E-state index is 0.236. The van der Waals surface area contributed by atoms with Crippen molar-refractivity contribution in [1.29, 1.82) is 0 Å². The Kier molecular flexibility index (Phi) is 3.41. The second-order valence-electron chi connectivity index (χ2n) is 5.07. The van der Waals surface area contributed by atoms with Gasteiger partial charge in [0.2, 0.25) is 0 Å². The van der Waals surface area contributed by atoms with Gasteiger partial charge < -0.3 is 9.47 Å². The molecule has 0 amide bonds. The van der Waals surface area contributed by atoms with Crippen molar-refractivity contribution in [3.05, 3.63) is 23.4 Å². The largest absolute Gasteiger partial charge is 0.497 e. The fraction of sp³-hybridized carbons (Fsp3) is 0.385. The van der Waals surface area contributed by atoms with Crippen LogP contribution in [0.4, 0.5) is 4.79 Å². The van der Waals surface area contributed by atoms with Crippen LogP contribution in [0.3, 0.4) is 0 Å². The molecule has 2 rings (SSSR count). The molecule has 1 heterocycles. The predicted molar refractivity (Wildman–Crippen MR) is 72.9 cm³/mol. The van der Waals surface area contributed by atoms with E-state index in [0.717, 1.165) is 4.68 Å². The highest BCUT2D eigenvalue weighted by Gasteiger charge is 2.21. The topological polar surface area (TPSA) is 53.4 Å². The van der Waals surface area contributed by atoms with Crippen LogP contribution in [-0.4, -0.2) is 28.6 Å². The molecule has 2 aromatic rings. The molecule has 0 bridgehead atoms. The van der Waals surface area contributed by atoms with E-state index in [4.69, 9.17) is 21.1 Å². The summed E-state index contributed by atoms with van der Waals surface area (Å²) >= 11 is 6.03.